The van der Waals surface area contributed by atoms with Gasteiger partial charge in [0, 0.05) is 42.5 Å². The van der Waals surface area contributed by atoms with Crippen molar-refractivity contribution in [2.45, 2.75) is 36.2 Å². The molecule has 1 fully saturated rings. The second kappa shape index (κ2) is 11.9. The van der Waals surface area contributed by atoms with E-state index in [9.17, 15) is 45.5 Å². The monoisotopic (exact) mass is 663 g/mol. The molecule has 1 aliphatic carbocycles. The summed E-state index contributed by atoms with van der Waals surface area (Å²) in [6.45, 7) is 0.954. The van der Waals surface area contributed by atoms with Crippen molar-refractivity contribution in [3.05, 3.63) is 98.8 Å². The minimum absolute atomic E-state index is 0.00921. The number of Topliss-reactive ketones (excluding diaryl/α,β-unsaturated/α-hetero) is 3. The average molecular weight is 665 g/mol. The van der Waals surface area contributed by atoms with Crippen LogP contribution in [0.25, 0.3) is 0 Å². The number of amides is 1. The quantitative estimate of drug-likeness (QED) is 0.112. The average Bonchev–Trinajstić information content (AvgIpc) is 3.50. The Morgan fingerprint density at radius 3 is 2.19 bits per heavy atom. The van der Waals surface area contributed by atoms with Crippen LogP contribution >= 0.6 is 34.8 Å². The van der Waals surface area contributed by atoms with Crippen LogP contribution in [0.4, 0.5) is 32.0 Å². The van der Waals surface area contributed by atoms with Crippen LogP contribution in [-0.2, 0) is 33.4 Å². The van der Waals surface area contributed by atoms with E-state index in [4.69, 9.17) is 34.8 Å². The highest BCUT2D eigenvalue weighted by atomic mass is 35.5. The molecule has 226 valence electrons. The minimum atomic E-state index is -5.00. The highest BCUT2D eigenvalue weighted by molar-refractivity contribution is 6.53. The van der Waals surface area contributed by atoms with Crippen molar-refractivity contribution >= 4 is 63.7 Å². The number of hydrogen-bond donors (Lipinski definition) is 1. The van der Waals surface area contributed by atoms with Crippen molar-refractivity contribution in [1.82, 2.24) is 0 Å². The van der Waals surface area contributed by atoms with Gasteiger partial charge in [0.15, 0.2) is 11.6 Å². The Morgan fingerprint density at radius 2 is 1.56 bits per heavy atom. The summed E-state index contributed by atoms with van der Waals surface area (Å²) >= 11 is 18.6. The zero-order valence-corrected chi connectivity index (χ0v) is 24.0. The van der Waals surface area contributed by atoms with E-state index in [1.807, 2.05) is 0 Å². The molecule has 0 radical (unpaired) electrons. The molecule has 3 aromatic rings. The van der Waals surface area contributed by atoms with Crippen LogP contribution in [0, 0.1) is 23.4 Å². The smallest absolute Gasteiger partial charge is 0.326 e. The molecule has 0 aliphatic heterocycles. The Hall–Kier alpha value is -3.41. The molecule has 5 nitrogen and oxygen atoms in total. The molecule has 1 amide bonds. The molecule has 3 aromatic carbocycles. The van der Waals surface area contributed by atoms with Crippen LogP contribution in [0.3, 0.4) is 0 Å². The lowest BCUT2D eigenvalue weighted by Gasteiger charge is -2.11. The summed E-state index contributed by atoms with van der Waals surface area (Å²) in [7, 11) is 0. The fourth-order valence-corrected chi connectivity index (χ4v) is 5.61. The molecular formula is C29H18Cl3F6NO4. The predicted octanol–water partition coefficient (Wildman–Crippen LogP) is 7.43. The van der Waals surface area contributed by atoms with Gasteiger partial charge in [-0.25, -0.2) is 13.2 Å². The fraction of sp³-hybridized carbons (Fsp3) is 0.241. The summed E-state index contributed by atoms with van der Waals surface area (Å²) in [5.41, 5.74) is -2.78. The molecular weight excluding hydrogens is 647 g/mol. The number of halogens is 9. The Labute approximate surface area is 255 Å². The Morgan fingerprint density at radius 1 is 0.907 bits per heavy atom. The van der Waals surface area contributed by atoms with E-state index in [0.29, 0.717) is 12.1 Å². The molecule has 1 aliphatic rings. The van der Waals surface area contributed by atoms with Gasteiger partial charge in [0.05, 0.1) is 16.5 Å². The molecule has 1 N–H and O–H groups in total. The maximum absolute atomic E-state index is 15.0. The first kappa shape index (κ1) is 32.5. The third-order valence-corrected chi connectivity index (χ3v) is 8.14. The number of rotatable bonds is 9. The van der Waals surface area contributed by atoms with Crippen molar-refractivity contribution in [2.24, 2.45) is 5.92 Å². The van der Waals surface area contributed by atoms with Crippen molar-refractivity contribution in [3.63, 3.8) is 0 Å². The van der Waals surface area contributed by atoms with Crippen LogP contribution in [0.5, 0.6) is 0 Å². The lowest BCUT2D eigenvalue weighted by atomic mass is 9.97. The first-order valence-corrected chi connectivity index (χ1v) is 13.4. The molecule has 0 aromatic heterocycles. The molecule has 1 saturated carbocycles. The number of carbonyl (C=O) groups is 4. The summed E-state index contributed by atoms with van der Waals surface area (Å²) < 4.78 is 80.6. The molecule has 0 spiro atoms. The van der Waals surface area contributed by atoms with E-state index in [1.54, 1.807) is 0 Å². The van der Waals surface area contributed by atoms with Gasteiger partial charge < -0.3 is 5.32 Å². The number of anilines is 1. The number of carbonyl (C=O) groups excluding carboxylic acids is 4. The van der Waals surface area contributed by atoms with E-state index < -0.39 is 87.0 Å². The topological polar surface area (TPSA) is 80.3 Å². The lowest BCUT2D eigenvalue weighted by molar-refractivity contribution is -0.140. The number of benzene rings is 3. The van der Waals surface area contributed by atoms with Gasteiger partial charge in [-0.15, -0.1) is 23.2 Å². The van der Waals surface area contributed by atoms with Crippen LogP contribution in [0.1, 0.15) is 45.5 Å². The molecule has 14 heteroatoms. The van der Waals surface area contributed by atoms with Gasteiger partial charge in [-0.3, -0.25) is 19.2 Å². The minimum Gasteiger partial charge on any atom is -0.326 e. The van der Waals surface area contributed by atoms with E-state index in [0.717, 1.165) is 31.2 Å². The maximum atomic E-state index is 15.0. The summed E-state index contributed by atoms with van der Waals surface area (Å²) in [6.07, 6.45) is -6.46. The first-order chi connectivity index (χ1) is 19.9. The van der Waals surface area contributed by atoms with E-state index in [-0.39, 0.29) is 27.4 Å². The molecule has 0 bridgehead atoms. The van der Waals surface area contributed by atoms with E-state index in [1.165, 1.54) is 12.1 Å². The van der Waals surface area contributed by atoms with Crippen molar-refractivity contribution in [2.75, 3.05) is 5.32 Å². The summed E-state index contributed by atoms with van der Waals surface area (Å²) in [4.78, 5) is 49.0. The molecule has 4 rings (SSSR count). The van der Waals surface area contributed by atoms with Crippen molar-refractivity contribution in [1.29, 1.82) is 0 Å². The summed E-state index contributed by atoms with van der Waals surface area (Å²) in [5, 5.41) is 2.37. The third-order valence-electron chi connectivity index (χ3n) is 6.87. The van der Waals surface area contributed by atoms with E-state index >= 15 is 0 Å². The van der Waals surface area contributed by atoms with Crippen molar-refractivity contribution < 1.29 is 45.5 Å². The SMILES string of the molecule is CC(=O)C(=O)Cc1c(F)ccc(CC(=O)c2cc(NC(=O)[C@H]3[C@H](c4ccc(F)c(C(F)(F)F)c4)C3(Cl)Cl)ccc2Cl)c1F. The summed E-state index contributed by atoms with van der Waals surface area (Å²) in [6, 6.07) is 7.73. The molecule has 0 unspecified atom stereocenters. The third kappa shape index (κ3) is 6.73. The van der Waals surface area contributed by atoms with Gasteiger partial charge in [0.1, 0.15) is 21.8 Å². The Balaban J connectivity index is 1.53. The second-order valence-corrected chi connectivity index (χ2v) is 11.7. The highest BCUT2D eigenvalue weighted by Crippen LogP contribution is 2.65. The Kier molecular flexibility index (Phi) is 9.02. The molecule has 2 atom stereocenters. The zero-order valence-electron chi connectivity index (χ0n) is 21.7. The van der Waals surface area contributed by atoms with E-state index in [2.05, 4.69) is 5.32 Å². The molecule has 43 heavy (non-hydrogen) atoms. The Bertz CT molecular complexity index is 1670. The highest BCUT2D eigenvalue weighted by Gasteiger charge is 2.67. The number of hydrogen-bond acceptors (Lipinski definition) is 4. The van der Waals surface area contributed by atoms with Crippen LogP contribution in [-0.4, -0.2) is 27.6 Å². The fourth-order valence-electron chi connectivity index (χ4n) is 4.56. The van der Waals surface area contributed by atoms with Gasteiger partial charge in [0.2, 0.25) is 11.7 Å². The standard InChI is InChI=1S/C29H18Cl3F6NO4/c1-12(40)22(41)11-17-20(33)6-3-14(26(17)35)9-23(42)16-10-15(4-5-19(16)30)39-27(43)25-24(28(25,31)32)13-2-7-21(34)18(8-13)29(36,37)38/h2-8,10,24-25H,9,11H2,1H3,(H,39,43)/t24-,25+/m0/s1. The molecule has 0 saturated heterocycles. The van der Waals surface area contributed by atoms with Gasteiger partial charge >= 0.3 is 6.18 Å². The van der Waals surface area contributed by atoms with Crippen molar-refractivity contribution in [3.8, 4) is 0 Å². The zero-order chi connectivity index (χ0) is 32.0. The molecule has 0 heterocycles. The van der Waals surface area contributed by atoms with Crippen LogP contribution in [0.2, 0.25) is 5.02 Å². The van der Waals surface area contributed by atoms with Crippen LogP contribution in [0.15, 0.2) is 48.5 Å². The number of ketones is 3. The van der Waals surface area contributed by atoms with Gasteiger partial charge in [-0.1, -0.05) is 23.7 Å². The lowest BCUT2D eigenvalue weighted by Crippen LogP contribution is -2.18. The number of alkyl halides is 5. The predicted molar refractivity (Wildman–Crippen MR) is 146 cm³/mol. The van der Waals surface area contributed by atoms with Gasteiger partial charge in [0.25, 0.3) is 0 Å². The summed E-state index contributed by atoms with van der Waals surface area (Å²) in [5.74, 6) is -9.62. The number of nitrogens with one attached hydrogen (secondary N) is 1. The first-order valence-electron chi connectivity index (χ1n) is 12.3. The normalized spacial score (nSPS) is 17.3. The van der Waals surface area contributed by atoms with Gasteiger partial charge in [-0.2, -0.15) is 13.2 Å². The maximum Gasteiger partial charge on any atom is 0.419 e. The van der Waals surface area contributed by atoms with Crippen LogP contribution < -0.4 is 5.32 Å². The second-order valence-electron chi connectivity index (χ2n) is 9.81. The largest absolute Gasteiger partial charge is 0.419 e. The van der Waals surface area contributed by atoms with Gasteiger partial charge in [-0.05, 0) is 47.5 Å².